The Bertz CT molecular complexity index is 731. The van der Waals surface area contributed by atoms with Crippen molar-refractivity contribution in [2.24, 2.45) is 15.7 Å². The fourth-order valence-electron chi connectivity index (χ4n) is 2.32. The van der Waals surface area contributed by atoms with Crippen LogP contribution < -0.4 is 10.5 Å². The average molecular weight is 298 g/mol. The highest BCUT2D eigenvalue weighted by molar-refractivity contribution is 6.01. The van der Waals surface area contributed by atoms with Gasteiger partial charge in [-0.2, -0.15) is 0 Å². The SMILES string of the molecule is CC(C)N=C(N=CN)c1cn2c(n1)-c1ccncc1OCC2. The highest BCUT2D eigenvalue weighted by atomic mass is 16.5. The molecule has 0 amide bonds. The van der Waals surface area contributed by atoms with Gasteiger partial charge in [0.1, 0.15) is 23.9 Å². The van der Waals surface area contributed by atoms with Crippen LogP contribution in [0.4, 0.5) is 0 Å². The monoisotopic (exact) mass is 298 g/mol. The quantitative estimate of drug-likeness (QED) is 0.671. The number of hydrogen-bond acceptors (Lipinski definition) is 4. The number of aliphatic imine (C=N–C) groups is 2. The third-order valence-electron chi connectivity index (χ3n) is 3.20. The number of ether oxygens (including phenoxy) is 1. The lowest BCUT2D eigenvalue weighted by Crippen LogP contribution is -2.07. The van der Waals surface area contributed by atoms with E-state index in [-0.39, 0.29) is 6.04 Å². The van der Waals surface area contributed by atoms with Gasteiger partial charge in [0, 0.05) is 18.4 Å². The van der Waals surface area contributed by atoms with Crippen molar-refractivity contribution in [3.8, 4) is 17.1 Å². The van der Waals surface area contributed by atoms with E-state index in [1.165, 1.54) is 6.34 Å². The number of nitrogens with two attached hydrogens (primary N) is 1. The second-order valence-electron chi connectivity index (χ2n) is 5.19. The molecule has 3 heterocycles. The molecular weight excluding hydrogens is 280 g/mol. The van der Waals surface area contributed by atoms with Gasteiger partial charge in [0.15, 0.2) is 5.84 Å². The molecule has 22 heavy (non-hydrogen) atoms. The summed E-state index contributed by atoms with van der Waals surface area (Å²) >= 11 is 0. The number of imidazole rings is 1. The van der Waals surface area contributed by atoms with Crippen LogP contribution in [0.5, 0.6) is 5.75 Å². The number of pyridine rings is 1. The van der Waals surface area contributed by atoms with Crippen molar-refractivity contribution in [1.82, 2.24) is 14.5 Å². The summed E-state index contributed by atoms with van der Waals surface area (Å²) in [4.78, 5) is 17.4. The van der Waals surface area contributed by atoms with Gasteiger partial charge in [-0.05, 0) is 19.9 Å². The van der Waals surface area contributed by atoms with Crippen LogP contribution in [-0.2, 0) is 6.54 Å². The summed E-state index contributed by atoms with van der Waals surface area (Å²) < 4.78 is 7.74. The molecule has 0 unspecified atom stereocenters. The molecule has 0 spiro atoms. The Kier molecular flexibility index (Phi) is 3.86. The molecule has 7 nitrogen and oxygen atoms in total. The Morgan fingerprint density at radius 3 is 3.14 bits per heavy atom. The summed E-state index contributed by atoms with van der Waals surface area (Å²) in [5.74, 6) is 2.10. The van der Waals surface area contributed by atoms with Crippen LogP contribution in [-0.4, -0.2) is 39.4 Å². The van der Waals surface area contributed by atoms with Crippen molar-refractivity contribution in [1.29, 1.82) is 0 Å². The number of hydrogen-bond donors (Lipinski definition) is 1. The van der Waals surface area contributed by atoms with Crippen LogP contribution in [0.15, 0.2) is 34.6 Å². The highest BCUT2D eigenvalue weighted by Gasteiger charge is 2.20. The molecule has 7 heteroatoms. The van der Waals surface area contributed by atoms with E-state index in [0.29, 0.717) is 24.7 Å². The minimum absolute atomic E-state index is 0.111. The van der Waals surface area contributed by atoms with Gasteiger partial charge in [-0.1, -0.05) is 0 Å². The van der Waals surface area contributed by atoms with E-state index in [0.717, 1.165) is 17.1 Å². The lowest BCUT2D eigenvalue weighted by Gasteiger charge is -2.04. The molecule has 0 aliphatic carbocycles. The van der Waals surface area contributed by atoms with Gasteiger partial charge < -0.3 is 15.0 Å². The first-order valence-corrected chi connectivity index (χ1v) is 7.16. The van der Waals surface area contributed by atoms with Crippen molar-refractivity contribution in [3.05, 3.63) is 30.4 Å². The molecule has 0 fully saturated rings. The first kappa shape index (κ1) is 14.2. The molecule has 0 atom stereocenters. The van der Waals surface area contributed by atoms with Crippen molar-refractivity contribution in [2.45, 2.75) is 26.4 Å². The smallest absolute Gasteiger partial charge is 0.176 e. The molecule has 114 valence electrons. The standard InChI is InChI=1S/C15H18N6O/c1-10(2)19-14(18-9-16)12-8-21-5-6-22-13-7-17-4-3-11(13)15(21)20-12/h3-4,7-10H,5-6H2,1-2H3,(H2,16,18,19). The summed E-state index contributed by atoms with van der Waals surface area (Å²) in [5.41, 5.74) is 7.05. The predicted octanol–water partition coefficient (Wildman–Crippen LogP) is 1.48. The highest BCUT2D eigenvalue weighted by Crippen LogP contribution is 2.30. The largest absolute Gasteiger partial charge is 0.489 e. The van der Waals surface area contributed by atoms with E-state index in [2.05, 4.69) is 20.0 Å². The maximum atomic E-state index is 5.70. The minimum Gasteiger partial charge on any atom is -0.489 e. The molecule has 2 aromatic heterocycles. The van der Waals surface area contributed by atoms with Crippen LogP contribution in [0.25, 0.3) is 11.4 Å². The zero-order valence-corrected chi connectivity index (χ0v) is 12.6. The third-order valence-corrected chi connectivity index (χ3v) is 3.20. The lowest BCUT2D eigenvalue weighted by molar-refractivity contribution is 0.305. The molecule has 3 rings (SSSR count). The van der Waals surface area contributed by atoms with Crippen LogP contribution in [0.1, 0.15) is 19.5 Å². The summed E-state index contributed by atoms with van der Waals surface area (Å²) in [6.07, 6.45) is 6.61. The Hall–Kier alpha value is -2.70. The molecule has 2 aromatic rings. The first-order chi connectivity index (χ1) is 10.7. The van der Waals surface area contributed by atoms with Gasteiger partial charge in [-0.25, -0.2) is 9.98 Å². The van der Waals surface area contributed by atoms with Gasteiger partial charge >= 0.3 is 0 Å². The van der Waals surface area contributed by atoms with Gasteiger partial charge in [-0.15, -0.1) is 0 Å². The maximum absolute atomic E-state index is 5.70. The summed E-state index contributed by atoms with van der Waals surface area (Å²) in [7, 11) is 0. The van der Waals surface area contributed by atoms with Crippen molar-refractivity contribution >= 4 is 12.2 Å². The number of amidine groups is 1. The Labute approximate surface area is 128 Å². The molecule has 2 N–H and O–H groups in total. The average Bonchev–Trinajstić information content (AvgIpc) is 2.83. The fourth-order valence-corrected chi connectivity index (χ4v) is 2.32. The Morgan fingerprint density at radius 2 is 2.36 bits per heavy atom. The van der Waals surface area contributed by atoms with Gasteiger partial charge in [0.2, 0.25) is 0 Å². The van der Waals surface area contributed by atoms with E-state index in [1.807, 2.05) is 30.7 Å². The third kappa shape index (κ3) is 2.69. The molecule has 0 saturated carbocycles. The molecule has 0 saturated heterocycles. The summed E-state index contributed by atoms with van der Waals surface area (Å²) in [6, 6.07) is 2.01. The second-order valence-corrected chi connectivity index (χ2v) is 5.19. The Morgan fingerprint density at radius 1 is 1.50 bits per heavy atom. The van der Waals surface area contributed by atoms with Gasteiger partial charge in [0.25, 0.3) is 0 Å². The molecule has 1 aliphatic rings. The number of fused-ring (bicyclic) bond motifs is 3. The predicted molar refractivity (Wildman–Crippen MR) is 85.3 cm³/mol. The van der Waals surface area contributed by atoms with Crippen molar-refractivity contribution < 1.29 is 4.74 Å². The molecular formula is C15H18N6O. The zero-order valence-electron chi connectivity index (χ0n) is 12.6. The molecule has 0 bridgehead atoms. The van der Waals surface area contributed by atoms with E-state index >= 15 is 0 Å². The number of rotatable bonds is 2. The Balaban J connectivity index is 2.10. The molecule has 0 aromatic carbocycles. The number of aromatic nitrogens is 3. The van der Waals surface area contributed by atoms with Crippen LogP contribution in [0.3, 0.4) is 0 Å². The van der Waals surface area contributed by atoms with Crippen LogP contribution >= 0.6 is 0 Å². The topological polar surface area (TPSA) is 90.7 Å². The lowest BCUT2D eigenvalue weighted by atomic mass is 10.2. The normalized spacial score (nSPS) is 14.6. The minimum atomic E-state index is 0.111. The zero-order chi connectivity index (χ0) is 15.5. The maximum Gasteiger partial charge on any atom is 0.176 e. The van der Waals surface area contributed by atoms with Gasteiger partial charge in [-0.3, -0.25) is 9.98 Å². The van der Waals surface area contributed by atoms with Crippen LogP contribution in [0, 0.1) is 0 Å². The van der Waals surface area contributed by atoms with E-state index in [9.17, 15) is 0 Å². The van der Waals surface area contributed by atoms with Crippen molar-refractivity contribution in [2.75, 3.05) is 6.61 Å². The molecule has 0 radical (unpaired) electrons. The number of nitrogens with zero attached hydrogens (tertiary/aromatic N) is 5. The van der Waals surface area contributed by atoms with Crippen LogP contribution in [0.2, 0.25) is 0 Å². The van der Waals surface area contributed by atoms with Crippen molar-refractivity contribution in [3.63, 3.8) is 0 Å². The summed E-state index contributed by atoms with van der Waals surface area (Å²) in [6.45, 7) is 5.25. The fraction of sp³-hybridized carbons (Fsp3) is 0.333. The second kappa shape index (κ2) is 5.97. The van der Waals surface area contributed by atoms with E-state index in [1.54, 1.807) is 12.4 Å². The molecule has 1 aliphatic heterocycles. The summed E-state index contributed by atoms with van der Waals surface area (Å²) in [5, 5.41) is 0. The first-order valence-electron chi connectivity index (χ1n) is 7.16. The van der Waals surface area contributed by atoms with E-state index in [4.69, 9.17) is 10.5 Å². The van der Waals surface area contributed by atoms with Gasteiger partial charge in [0.05, 0.1) is 24.6 Å². The van der Waals surface area contributed by atoms with E-state index < -0.39 is 0 Å².